The van der Waals surface area contributed by atoms with Gasteiger partial charge in [0, 0.05) is 36.7 Å². The average molecular weight is 390 g/mol. The number of hydrogen-bond acceptors (Lipinski definition) is 8. The summed E-state index contributed by atoms with van der Waals surface area (Å²) in [5, 5.41) is 13.1. The molecule has 1 saturated carbocycles. The maximum absolute atomic E-state index is 5.75. The lowest BCUT2D eigenvalue weighted by Crippen LogP contribution is -2.13. The Balaban J connectivity index is 1.46. The van der Waals surface area contributed by atoms with Crippen molar-refractivity contribution in [3.8, 4) is 0 Å². The van der Waals surface area contributed by atoms with Gasteiger partial charge in [-0.1, -0.05) is 18.2 Å². The molecule has 8 nitrogen and oxygen atoms in total. The van der Waals surface area contributed by atoms with E-state index >= 15 is 0 Å². The van der Waals surface area contributed by atoms with Gasteiger partial charge in [-0.2, -0.15) is 15.0 Å². The van der Waals surface area contributed by atoms with Crippen molar-refractivity contribution in [1.82, 2.24) is 15.0 Å². The molecule has 0 unspecified atom stereocenters. The molecule has 0 aliphatic heterocycles. The average Bonchev–Trinajstić information content (AvgIpc) is 3.53. The molecule has 2 aromatic carbocycles. The minimum Gasteiger partial charge on any atom is -0.399 e. The Morgan fingerprint density at radius 2 is 1.66 bits per heavy atom. The molecular formula is C21H26N8. The van der Waals surface area contributed by atoms with Gasteiger partial charge >= 0.3 is 0 Å². The smallest absolute Gasteiger partial charge is 0.233 e. The van der Waals surface area contributed by atoms with E-state index in [1.165, 1.54) is 5.56 Å². The van der Waals surface area contributed by atoms with Crippen molar-refractivity contribution in [3.05, 3.63) is 54.1 Å². The number of nitrogens with one attached hydrogen (secondary N) is 4. The molecule has 1 aliphatic carbocycles. The van der Waals surface area contributed by atoms with Crippen LogP contribution in [-0.4, -0.2) is 34.6 Å². The summed E-state index contributed by atoms with van der Waals surface area (Å²) in [6.07, 6.45) is 3.15. The predicted octanol–water partition coefficient (Wildman–Crippen LogP) is 3.47. The first kappa shape index (κ1) is 18.8. The van der Waals surface area contributed by atoms with Gasteiger partial charge < -0.3 is 27.0 Å². The summed E-state index contributed by atoms with van der Waals surface area (Å²) in [6, 6.07) is 16.3. The molecule has 1 aromatic heterocycles. The number of anilines is 6. The van der Waals surface area contributed by atoms with Crippen LogP contribution in [0.25, 0.3) is 0 Å². The van der Waals surface area contributed by atoms with E-state index < -0.39 is 0 Å². The lowest BCUT2D eigenvalue weighted by Gasteiger charge is -2.12. The van der Waals surface area contributed by atoms with E-state index in [9.17, 15) is 0 Å². The van der Waals surface area contributed by atoms with Crippen molar-refractivity contribution >= 4 is 34.9 Å². The molecule has 0 bridgehead atoms. The van der Waals surface area contributed by atoms with Crippen LogP contribution in [0.1, 0.15) is 18.4 Å². The summed E-state index contributed by atoms with van der Waals surface area (Å²) in [4.78, 5) is 13.6. The van der Waals surface area contributed by atoms with Crippen LogP contribution >= 0.6 is 0 Å². The fraction of sp³-hybridized carbons (Fsp3) is 0.286. The number of nitrogens with zero attached hydrogens (tertiary/aromatic N) is 3. The van der Waals surface area contributed by atoms with Crippen LogP contribution in [0.2, 0.25) is 0 Å². The first-order valence-corrected chi connectivity index (χ1v) is 9.84. The monoisotopic (exact) mass is 390 g/mol. The third-order valence-electron chi connectivity index (χ3n) is 4.63. The summed E-state index contributed by atoms with van der Waals surface area (Å²) in [7, 11) is 1.89. The van der Waals surface area contributed by atoms with Gasteiger partial charge in [-0.05, 0) is 55.2 Å². The molecule has 8 heteroatoms. The van der Waals surface area contributed by atoms with Crippen molar-refractivity contribution < 1.29 is 0 Å². The topological polar surface area (TPSA) is 113 Å². The minimum absolute atomic E-state index is 0.459. The summed E-state index contributed by atoms with van der Waals surface area (Å²) in [6.45, 7) is 0.714. The molecule has 1 heterocycles. The number of hydrogen-bond donors (Lipinski definition) is 5. The summed E-state index contributed by atoms with van der Waals surface area (Å²) >= 11 is 0. The molecule has 29 heavy (non-hydrogen) atoms. The molecule has 3 aromatic rings. The molecule has 0 atom stereocenters. The van der Waals surface area contributed by atoms with E-state index in [4.69, 9.17) is 5.73 Å². The Morgan fingerprint density at radius 3 is 2.41 bits per heavy atom. The third-order valence-corrected chi connectivity index (χ3v) is 4.63. The Hall–Kier alpha value is -3.55. The maximum Gasteiger partial charge on any atom is 0.233 e. The van der Waals surface area contributed by atoms with Crippen LogP contribution in [0.3, 0.4) is 0 Å². The largest absolute Gasteiger partial charge is 0.399 e. The van der Waals surface area contributed by atoms with E-state index in [1.54, 1.807) is 0 Å². The van der Waals surface area contributed by atoms with Crippen molar-refractivity contribution in [1.29, 1.82) is 0 Å². The normalized spacial score (nSPS) is 13.0. The van der Waals surface area contributed by atoms with E-state index in [2.05, 4.69) is 36.2 Å². The van der Waals surface area contributed by atoms with Crippen LogP contribution in [0, 0.1) is 0 Å². The lowest BCUT2D eigenvalue weighted by atomic mass is 10.1. The molecule has 150 valence electrons. The second kappa shape index (κ2) is 8.64. The Labute approximate surface area is 170 Å². The van der Waals surface area contributed by atoms with E-state index in [0.717, 1.165) is 36.3 Å². The van der Waals surface area contributed by atoms with Gasteiger partial charge in [0.25, 0.3) is 0 Å². The van der Waals surface area contributed by atoms with E-state index in [1.807, 2.05) is 55.6 Å². The fourth-order valence-electron chi connectivity index (χ4n) is 2.87. The first-order chi connectivity index (χ1) is 14.2. The van der Waals surface area contributed by atoms with Crippen LogP contribution in [-0.2, 0) is 6.42 Å². The van der Waals surface area contributed by atoms with Gasteiger partial charge in [-0.3, -0.25) is 0 Å². The molecule has 6 N–H and O–H groups in total. The fourth-order valence-corrected chi connectivity index (χ4v) is 2.87. The highest BCUT2D eigenvalue weighted by atomic mass is 15.3. The number of aromatic nitrogens is 3. The summed E-state index contributed by atoms with van der Waals surface area (Å²) in [5.74, 6) is 1.64. The molecule has 4 rings (SSSR count). The van der Waals surface area contributed by atoms with Crippen LogP contribution in [0.4, 0.5) is 34.9 Å². The Bertz CT molecular complexity index is 953. The number of nitrogen functional groups attached to an aromatic ring is 1. The molecule has 1 fully saturated rings. The minimum atomic E-state index is 0.459. The highest BCUT2D eigenvalue weighted by Gasteiger charge is 2.22. The van der Waals surface area contributed by atoms with E-state index in [0.29, 0.717) is 30.4 Å². The lowest BCUT2D eigenvalue weighted by molar-refractivity contribution is 0.955. The molecular weight excluding hydrogens is 364 g/mol. The van der Waals surface area contributed by atoms with Crippen LogP contribution in [0.5, 0.6) is 0 Å². The molecule has 0 radical (unpaired) electrons. The van der Waals surface area contributed by atoms with Crippen molar-refractivity contribution in [2.75, 3.05) is 40.6 Å². The molecule has 0 spiro atoms. The number of nitrogens with two attached hydrogens (primary N) is 1. The molecule has 1 aliphatic rings. The van der Waals surface area contributed by atoms with Gasteiger partial charge in [-0.15, -0.1) is 0 Å². The van der Waals surface area contributed by atoms with Crippen LogP contribution in [0.15, 0.2) is 48.5 Å². The highest BCUT2D eigenvalue weighted by Crippen LogP contribution is 2.24. The third kappa shape index (κ3) is 5.47. The standard InChI is InChI=1S/C21H26N8/c1-23-17-3-2-4-18(13-17)26-21-28-19(27-20(29-21)25-16-9-10-16)24-12-11-14-5-7-15(22)8-6-14/h2-8,13,16,23H,9-12,22H2,1H3,(H3,24,25,26,27,28,29). The summed E-state index contributed by atoms with van der Waals surface area (Å²) in [5.41, 5.74) is 9.65. The first-order valence-electron chi connectivity index (χ1n) is 9.84. The van der Waals surface area contributed by atoms with Crippen molar-refractivity contribution in [2.45, 2.75) is 25.3 Å². The van der Waals surface area contributed by atoms with Gasteiger partial charge in [0.1, 0.15) is 0 Å². The molecule has 0 amide bonds. The zero-order valence-electron chi connectivity index (χ0n) is 16.4. The van der Waals surface area contributed by atoms with Crippen LogP contribution < -0.4 is 27.0 Å². The van der Waals surface area contributed by atoms with Gasteiger partial charge in [0.2, 0.25) is 17.8 Å². The zero-order valence-corrected chi connectivity index (χ0v) is 16.4. The zero-order chi connectivity index (χ0) is 20.1. The highest BCUT2D eigenvalue weighted by molar-refractivity contribution is 5.62. The van der Waals surface area contributed by atoms with Gasteiger partial charge in [-0.25, -0.2) is 0 Å². The quantitative estimate of drug-likeness (QED) is 0.353. The van der Waals surface area contributed by atoms with Gasteiger partial charge in [0.05, 0.1) is 0 Å². The second-order valence-corrected chi connectivity index (χ2v) is 7.10. The van der Waals surface area contributed by atoms with Crippen molar-refractivity contribution in [3.63, 3.8) is 0 Å². The Morgan fingerprint density at radius 1 is 0.931 bits per heavy atom. The second-order valence-electron chi connectivity index (χ2n) is 7.10. The predicted molar refractivity (Wildman–Crippen MR) is 119 cm³/mol. The SMILES string of the molecule is CNc1cccc(Nc2nc(NCCc3ccc(N)cc3)nc(NC3CC3)n2)c1. The van der Waals surface area contributed by atoms with Crippen molar-refractivity contribution in [2.24, 2.45) is 0 Å². The van der Waals surface area contributed by atoms with E-state index in [-0.39, 0.29) is 0 Å². The maximum atomic E-state index is 5.75. The van der Waals surface area contributed by atoms with Gasteiger partial charge in [0.15, 0.2) is 0 Å². The summed E-state index contributed by atoms with van der Waals surface area (Å²) < 4.78 is 0. The number of rotatable bonds is 9. The Kier molecular flexibility index (Phi) is 5.60. The molecule has 0 saturated heterocycles. The number of benzene rings is 2.